The molecule has 0 atom stereocenters. The molecule has 0 unspecified atom stereocenters. The Kier molecular flexibility index (Phi) is 229. The van der Waals surface area contributed by atoms with Crippen LogP contribution in [0.4, 0.5) is 0 Å². The predicted molar refractivity (Wildman–Crippen MR) is 171 cm³/mol. The number of carbonyl (C=O) groups is 4. The first-order valence-corrected chi connectivity index (χ1v) is 11.2. The minimum Gasteiger partial charge on any atom is -0.412 e. The minimum atomic E-state index is 0. The van der Waals surface area contributed by atoms with Crippen molar-refractivity contribution in [2.45, 2.75) is 45.9 Å². The maximum Gasteiger partial charge on any atom is 0.106 e. The van der Waals surface area contributed by atoms with Crippen LogP contribution in [-0.2, 0) is 19.2 Å². The van der Waals surface area contributed by atoms with Gasteiger partial charge in [-0.25, -0.2) is 0 Å². The molecule has 0 saturated carbocycles. The van der Waals surface area contributed by atoms with E-state index in [1.807, 2.05) is 64.5 Å². The van der Waals surface area contributed by atoms with Gasteiger partial charge in [0.2, 0.25) is 0 Å². The molecule has 0 aliphatic heterocycles. The molecule has 0 aliphatic rings. The Morgan fingerprint density at radius 3 is 1.24 bits per heavy atom. The average Bonchev–Trinajstić information content (AvgIpc) is 2.80. The molecule has 37 heavy (non-hydrogen) atoms. The van der Waals surface area contributed by atoms with Crippen LogP contribution in [0.15, 0.2) is 35.2 Å². The lowest BCUT2D eigenvalue weighted by molar-refractivity contribution is -0.0987. The summed E-state index contributed by atoms with van der Waals surface area (Å²) in [6, 6.07) is 10.0. The van der Waals surface area contributed by atoms with Crippen molar-refractivity contribution in [3.8, 4) is 0 Å². The number of nitrogens with one attached hydrogen (secondary N) is 2. The van der Waals surface area contributed by atoms with Gasteiger partial charge in [0.15, 0.2) is 0 Å². The third-order valence-corrected chi connectivity index (χ3v) is 3.56. The number of thiol groups is 1. The molecule has 0 radical (unpaired) electrons. The predicted octanol–water partition coefficient (Wildman–Crippen LogP) is 1.99. The van der Waals surface area contributed by atoms with Gasteiger partial charge in [0.1, 0.15) is 27.2 Å². The number of benzene rings is 1. The van der Waals surface area contributed by atoms with E-state index in [1.54, 1.807) is 0 Å². The molecule has 0 aliphatic carbocycles. The summed E-state index contributed by atoms with van der Waals surface area (Å²) in [6.07, 6.45) is 1.24. The fourth-order valence-corrected chi connectivity index (χ4v) is 2.10. The molecule has 234 valence electrons. The highest BCUT2D eigenvalue weighted by Gasteiger charge is 1.88. The Hall–Kier alpha value is -1.24. The molecule has 0 saturated heterocycles. The van der Waals surface area contributed by atoms with Crippen LogP contribution in [0.2, 0.25) is 0 Å². The van der Waals surface area contributed by atoms with Crippen LogP contribution in [0, 0.1) is 11.8 Å². The van der Waals surface area contributed by atoms with E-state index >= 15 is 0 Å². The first kappa shape index (κ1) is 83.4. The van der Waals surface area contributed by atoms with Gasteiger partial charge in [-0.2, -0.15) is 0 Å². The topological polar surface area (TPSA) is 288 Å². The van der Waals surface area contributed by atoms with Crippen molar-refractivity contribution >= 4 is 66.6 Å². The molecular weight excluding hydrogens is 592 g/mol. The molecule has 0 bridgehead atoms. The van der Waals surface area contributed by atoms with E-state index in [9.17, 15) is 0 Å². The highest BCUT2D eigenvalue weighted by Crippen LogP contribution is 2.19. The minimum absolute atomic E-state index is 0. The first-order chi connectivity index (χ1) is 14.5. The van der Waals surface area contributed by atoms with Gasteiger partial charge in [-0.05, 0) is 57.1 Å². The summed E-state index contributed by atoms with van der Waals surface area (Å²) in [4.78, 5) is 33.2. The fourth-order valence-electron chi connectivity index (χ4n) is 1.46. The molecule has 0 aromatic heterocycles. The lowest BCUT2D eigenvalue weighted by atomic mass is 10.2. The highest BCUT2D eigenvalue weighted by atomic mass is 79.9. The Bertz CT molecular complexity index is 389. The Morgan fingerprint density at radius 2 is 1.08 bits per heavy atom. The van der Waals surface area contributed by atoms with Crippen molar-refractivity contribution in [1.82, 2.24) is 22.9 Å². The van der Waals surface area contributed by atoms with E-state index in [0.29, 0.717) is 0 Å². The molecule has 0 fully saturated rings. The lowest BCUT2D eigenvalue weighted by Gasteiger charge is -2.03. The first-order valence-electron chi connectivity index (χ1n) is 9.35. The molecule has 16 N–H and O–H groups in total. The van der Waals surface area contributed by atoms with Crippen LogP contribution in [0.5, 0.6) is 0 Å². The van der Waals surface area contributed by atoms with E-state index in [2.05, 4.69) is 56.9 Å². The van der Waals surface area contributed by atoms with Crippen LogP contribution in [0.25, 0.3) is 0 Å². The number of rotatable bonds is 7. The zero-order valence-corrected chi connectivity index (χ0v) is 26.9. The molecule has 1 rings (SSSR count). The number of halogens is 1. The Morgan fingerprint density at radius 1 is 0.757 bits per heavy atom. The van der Waals surface area contributed by atoms with Crippen LogP contribution in [0.1, 0.15) is 41.0 Å². The van der Waals surface area contributed by atoms with Crippen LogP contribution in [0.3, 0.4) is 0 Å². The summed E-state index contributed by atoms with van der Waals surface area (Å²) in [5.74, 6) is 1.58. The second kappa shape index (κ2) is 101. The molecule has 0 heterocycles. The molecule has 12 nitrogen and oxygen atoms in total. The molecule has 0 amide bonds. The van der Waals surface area contributed by atoms with Gasteiger partial charge in [-0.3, -0.25) is 0 Å². The van der Waals surface area contributed by atoms with Gasteiger partial charge >= 0.3 is 0 Å². The normalized spacial score (nSPS) is 6.30. The van der Waals surface area contributed by atoms with E-state index in [0.717, 1.165) is 31.5 Å². The molecule has 1 aromatic rings. The van der Waals surface area contributed by atoms with Gasteiger partial charge < -0.3 is 64.0 Å². The Balaban J connectivity index is -0.0000000173. The molecule has 15 heteroatoms. The van der Waals surface area contributed by atoms with Gasteiger partial charge in [-0.15, -0.1) is 28.6 Å². The second-order valence-electron chi connectivity index (χ2n) is 5.95. The zero-order valence-electron chi connectivity index (χ0n) is 23.5. The second-order valence-corrected chi connectivity index (χ2v) is 7.16. The van der Waals surface area contributed by atoms with Crippen molar-refractivity contribution < 1.29 is 41.1 Å². The summed E-state index contributed by atoms with van der Waals surface area (Å²) in [6.45, 7) is 22.5. The molecule has 0 spiro atoms. The van der Waals surface area contributed by atoms with Gasteiger partial charge in [0.25, 0.3) is 0 Å². The summed E-state index contributed by atoms with van der Waals surface area (Å²) < 4.78 is 0. The number of carbonyl (C=O) groups excluding carboxylic acids is 4. The Labute approximate surface area is 244 Å². The largest absolute Gasteiger partial charge is 0.412 e. The highest BCUT2D eigenvalue weighted by molar-refractivity contribution is 8.93. The monoisotopic (exact) mass is 650 g/mol. The van der Waals surface area contributed by atoms with E-state index in [4.69, 9.17) is 19.2 Å². The van der Waals surface area contributed by atoms with Gasteiger partial charge in [0, 0.05) is 4.90 Å². The number of hydrogen-bond acceptors (Lipinski definition) is 10. The van der Waals surface area contributed by atoms with Crippen molar-refractivity contribution in [2.24, 2.45) is 11.8 Å². The van der Waals surface area contributed by atoms with Crippen LogP contribution >= 0.6 is 39.4 Å². The maximum absolute atomic E-state index is 8.00. The van der Waals surface area contributed by atoms with Gasteiger partial charge in [-0.1, -0.05) is 63.6 Å². The van der Waals surface area contributed by atoms with E-state index in [1.165, 1.54) is 22.1 Å². The average molecular weight is 652 g/mol. The van der Waals surface area contributed by atoms with Crippen LogP contribution in [-0.4, -0.2) is 75.7 Å². The third kappa shape index (κ3) is 133. The lowest BCUT2D eigenvalue weighted by Crippen LogP contribution is -2.19. The van der Waals surface area contributed by atoms with E-state index in [-0.39, 0.29) is 51.2 Å². The molecular formula is C22H59BrN4O8S2. The smallest absolute Gasteiger partial charge is 0.106 e. The van der Waals surface area contributed by atoms with E-state index < -0.39 is 0 Å². The van der Waals surface area contributed by atoms with Crippen molar-refractivity contribution in [3.05, 3.63) is 30.3 Å². The SMILES string of the molecule is Br.C=O.C=O.C=O.C=O.CCCNCC(C)C.CNCC(C)C.N.N.O.O.O.O.SSc1ccccc1. The standard InChI is InChI=1S/C7H17N.C6H6S2.C5H13N.4CH2O.BrH.2H3N.4H2O/c1-4-5-8-6-7(2)3;7-8-6-4-2-1-3-5-6;1-5(2)4-6-3;4*1-2;;;;;;;/h7-8H,4-6H2,1-3H3;1-5,7H;5-6H,4H2,1-3H3;4*1H2;1H;2*1H3;4*1H2. The summed E-state index contributed by atoms with van der Waals surface area (Å²) in [5.41, 5.74) is 0. The van der Waals surface area contributed by atoms with Crippen molar-refractivity contribution in [2.75, 3.05) is 26.7 Å². The third-order valence-electron chi connectivity index (χ3n) is 2.44. The van der Waals surface area contributed by atoms with Crippen molar-refractivity contribution in [1.29, 1.82) is 0 Å². The fraction of sp³-hybridized carbons (Fsp3) is 0.545. The number of hydrogen-bond donors (Lipinski definition) is 5. The summed E-state index contributed by atoms with van der Waals surface area (Å²) in [7, 11) is 3.44. The summed E-state index contributed by atoms with van der Waals surface area (Å²) >= 11 is 4.03. The maximum atomic E-state index is 8.00. The quantitative estimate of drug-likeness (QED) is 0.163. The summed E-state index contributed by atoms with van der Waals surface area (Å²) in [5, 5.41) is 6.40. The molecule has 1 aromatic carbocycles. The zero-order chi connectivity index (χ0) is 25.2. The van der Waals surface area contributed by atoms with Crippen molar-refractivity contribution in [3.63, 3.8) is 0 Å². The van der Waals surface area contributed by atoms with Gasteiger partial charge in [0.05, 0.1) is 0 Å². The van der Waals surface area contributed by atoms with Crippen LogP contribution < -0.4 is 22.9 Å².